The van der Waals surface area contributed by atoms with Gasteiger partial charge in [-0.15, -0.1) is 0 Å². The fourth-order valence-electron chi connectivity index (χ4n) is 1.38. The van der Waals surface area contributed by atoms with E-state index in [1.165, 1.54) is 0 Å². The Labute approximate surface area is 95.8 Å². The molecule has 1 aromatic rings. The van der Waals surface area contributed by atoms with Gasteiger partial charge in [-0.25, -0.2) is 0 Å². The molecule has 0 heterocycles. The number of hydrogen-bond acceptors (Lipinski definition) is 3. The molecule has 0 saturated heterocycles. The van der Waals surface area contributed by atoms with Crippen molar-refractivity contribution in [1.29, 1.82) is 0 Å². The Balaban J connectivity index is 2.75. The van der Waals surface area contributed by atoms with Crippen LogP contribution in [-0.2, 0) is 4.79 Å². The lowest BCUT2D eigenvalue weighted by Gasteiger charge is -2.11. The van der Waals surface area contributed by atoms with Crippen LogP contribution in [0.2, 0.25) is 0 Å². The maximum absolute atomic E-state index is 11.5. The van der Waals surface area contributed by atoms with Crippen molar-refractivity contribution in [2.45, 2.75) is 26.3 Å². The summed E-state index contributed by atoms with van der Waals surface area (Å²) in [6.07, 6.45) is 0.626. The van der Waals surface area contributed by atoms with Gasteiger partial charge in [0.1, 0.15) is 5.75 Å². The van der Waals surface area contributed by atoms with E-state index in [0.29, 0.717) is 6.42 Å². The molecule has 0 aliphatic carbocycles. The molecular weight excluding hydrogens is 204 g/mol. The smallest absolute Gasteiger partial charge is 0.241 e. The number of aryl methyl sites for hydroxylation is 1. The molecule has 4 nitrogen and oxygen atoms in total. The van der Waals surface area contributed by atoms with Crippen LogP contribution in [-0.4, -0.2) is 19.1 Å². The Kier molecular flexibility index (Phi) is 4.31. The van der Waals surface area contributed by atoms with E-state index in [-0.39, 0.29) is 5.91 Å². The molecule has 0 fully saturated rings. The number of carbonyl (C=O) groups is 1. The molecule has 1 unspecified atom stereocenters. The normalized spacial score (nSPS) is 12.0. The van der Waals surface area contributed by atoms with Gasteiger partial charge in [0.15, 0.2) is 0 Å². The van der Waals surface area contributed by atoms with Gasteiger partial charge in [-0.3, -0.25) is 4.79 Å². The highest BCUT2D eigenvalue weighted by Crippen LogP contribution is 2.21. The molecule has 88 valence electrons. The number of nitrogens with two attached hydrogens (primary N) is 1. The highest BCUT2D eigenvalue weighted by atomic mass is 16.5. The summed E-state index contributed by atoms with van der Waals surface area (Å²) in [5.74, 6) is 0.643. The van der Waals surface area contributed by atoms with Crippen LogP contribution in [0.3, 0.4) is 0 Å². The van der Waals surface area contributed by atoms with E-state index in [1.54, 1.807) is 13.2 Å². The standard InChI is InChI=1S/C12H18N2O2/c1-4-10(13)12(15)14-9-5-6-11(16-3)8(2)7-9/h5-7,10H,4,13H2,1-3H3,(H,14,15). The van der Waals surface area contributed by atoms with Crippen LogP contribution in [0.25, 0.3) is 0 Å². The summed E-state index contributed by atoms with van der Waals surface area (Å²) in [6, 6.07) is 5.02. The molecule has 0 aliphatic heterocycles. The molecule has 0 aromatic heterocycles. The zero-order chi connectivity index (χ0) is 12.1. The predicted molar refractivity (Wildman–Crippen MR) is 64.6 cm³/mol. The number of amides is 1. The van der Waals surface area contributed by atoms with Crippen molar-refractivity contribution in [3.05, 3.63) is 23.8 Å². The number of ether oxygens (including phenoxy) is 1. The molecule has 16 heavy (non-hydrogen) atoms. The van der Waals surface area contributed by atoms with Crippen LogP contribution in [0.1, 0.15) is 18.9 Å². The van der Waals surface area contributed by atoms with Gasteiger partial charge in [-0.2, -0.15) is 0 Å². The Morgan fingerprint density at radius 3 is 2.75 bits per heavy atom. The molecule has 0 bridgehead atoms. The molecule has 3 N–H and O–H groups in total. The molecule has 1 atom stereocenters. The molecule has 1 rings (SSSR count). The first-order chi connectivity index (χ1) is 7.58. The summed E-state index contributed by atoms with van der Waals surface area (Å²) in [5.41, 5.74) is 7.34. The first-order valence-electron chi connectivity index (χ1n) is 5.29. The van der Waals surface area contributed by atoms with Crippen molar-refractivity contribution in [2.75, 3.05) is 12.4 Å². The number of benzene rings is 1. The SMILES string of the molecule is CCC(N)C(=O)Nc1ccc(OC)c(C)c1. The monoisotopic (exact) mass is 222 g/mol. The second-order valence-corrected chi connectivity index (χ2v) is 3.69. The minimum Gasteiger partial charge on any atom is -0.496 e. The third kappa shape index (κ3) is 2.97. The van der Waals surface area contributed by atoms with E-state index in [4.69, 9.17) is 10.5 Å². The molecular formula is C12H18N2O2. The van der Waals surface area contributed by atoms with Crippen molar-refractivity contribution < 1.29 is 9.53 Å². The third-order valence-corrected chi connectivity index (χ3v) is 2.44. The number of carbonyl (C=O) groups excluding carboxylic acids is 1. The quantitative estimate of drug-likeness (QED) is 0.814. The van der Waals surface area contributed by atoms with Crippen molar-refractivity contribution in [1.82, 2.24) is 0 Å². The van der Waals surface area contributed by atoms with Crippen LogP contribution in [0.5, 0.6) is 5.75 Å². The predicted octanol–water partition coefficient (Wildman–Crippen LogP) is 1.68. The van der Waals surface area contributed by atoms with Crippen molar-refractivity contribution >= 4 is 11.6 Å². The molecule has 0 radical (unpaired) electrons. The van der Waals surface area contributed by atoms with Gasteiger partial charge in [0.25, 0.3) is 0 Å². The highest BCUT2D eigenvalue weighted by molar-refractivity contribution is 5.94. The van der Waals surface area contributed by atoms with Gasteiger partial charge in [0.05, 0.1) is 13.2 Å². The van der Waals surface area contributed by atoms with Gasteiger partial charge in [0, 0.05) is 5.69 Å². The van der Waals surface area contributed by atoms with Crippen LogP contribution in [0.15, 0.2) is 18.2 Å². The van der Waals surface area contributed by atoms with E-state index in [2.05, 4.69) is 5.32 Å². The maximum Gasteiger partial charge on any atom is 0.241 e. The molecule has 4 heteroatoms. The minimum absolute atomic E-state index is 0.160. The van der Waals surface area contributed by atoms with Gasteiger partial charge in [-0.05, 0) is 37.1 Å². The van der Waals surface area contributed by atoms with E-state index in [9.17, 15) is 4.79 Å². The lowest BCUT2D eigenvalue weighted by molar-refractivity contribution is -0.117. The van der Waals surface area contributed by atoms with E-state index >= 15 is 0 Å². The third-order valence-electron chi connectivity index (χ3n) is 2.44. The number of hydrogen-bond donors (Lipinski definition) is 2. The van der Waals surface area contributed by atoms with Crippen molar-refractivity contribution in [3.8, 4) is 5.75 Å². The van der Waals surface area contributed by atoms with E-state index in [0.717, 1.165) is 17.0 Å². The first kappa shape index (κ1) is 12.5. The minimum atomic E-state index is -0.456. The number of methoxy groups -OCH3 is 1. The highest BCUT2D eigenvalue weighted by Gasteiger charge is 2.11. The van der Waals surface area contributed by atoms with Gasteiger partial charge in [0.2, 0.25) is 5.91 Å². The Morgan fingerprint density at radius 2 is 2.25 bits per heavy atom. The molecule has 0 spiro atoms. The summed E-state index contributed by atoms with van der Waals surface area (Å²) < 4.78 is 5.14. The number of rotatable bonds is 4. The van der Waals surface area contributed by atoms with E-state index < -0.39 is 6.04 Å². The van der Waals surface area contributed by atoms with E-state index in [1.807, 2.05) is 26.0 Å². The largest absolute Gasteiger partial charge is 0.496 e. The lowest BCUT2D eigenvalue weighted by atomic mass is 10.2. The summed E-state index contributed by atoms with van der Waals surface area (Å²) >= 11 is 0. The second-order valence-electron chi connectivity index (χ2n) is 3.69. The topological polar surface area (TPSA) is 64.4 Å². The number of nitrogens with one attached hydrogen (secondary N) is 1. The van der Waals surface area contributed by atoms with Crippen LogP contribution in [0, 0.1) is 6.92 Å². The Bertz CT molecular complexity index is 377. The summed E-state index contributed by atoms with van der Waals surface area (Å²) in [6.45, 7) is 3.80. The Morgan fingerprint density at radius 1 is 1.56 bits per heavy atom. The zero-order valence-electron chi connectivity index (χ0n) is 9.91. The zero-order valence-corrected chi connectivity index (χ0v) is 9.91. The molecule has 1 amide bonds. The average molecular weight is 222 g/mol. The first-order valence-corrected chi connectivity index (χ1v) is 5.29. The fraction of sp³-hybridized carbons (Fsp3) is 0.417. The summed E-state index contributed by atoms with van der Waals surface area (Å²) in [5, 5.41) is 2.77. The fourth-order valence-corrected chi connectivity index (χ4v) is 1.38. The molecule has 0 saturated carbocycles. The van der Waals surface area contributed by atoms with Gasteiger partial charge < -0.3 is 15.8 Å². The maximum atomic E-state index is 11.5. The van der Waals surface area contributed by atoms with Crippen LogP contribution >= 0.6 is 0 Å². The average Bonchev–Trinajstić information content (AvgIpc) is 2.28. The number of anilines is 1. The van der Waals surface area contributed by atoms with Gasteiger partial charge >= 0.3 is 0 Å². The Hall–Kier alpha value is -1.55. The molecule has 0 aliphatic rings. The van der Waals surface area contributed by atoms with Crippen LogP contribution in [0.4, 0.5) is 5.69 Å². The summed E-state index contributed by atoms with van der Waals surface area (Å²) in [7, 11) is 1.62. The molecule has 1 aromatic carbocycles. The second kappa shape index (κ2) is 5.51. The van der Waals surface area contributed by atoms with Gasteiger partial charge in [-0.1, -0.05) is 6.92 Å². The van der Waals surface area contributed by atoms with Crippen molar-refractivity contribution in [2.24, 2.45) is 5.73 Å². The lowest BCUT2D eigenvalue weighted by Crippen LogP contribution is -2.34. The van der Waals surface area contributed by atoms with Crippen molar-refractivity contribution in [3.63, 3.8) is 0 Å². The van der Waals surface area contributed by atoms with Crippen LogP contribution < -0.4 is 15.8 Å². The summed E-state index contributed by atoms with van der Waals surface area (Å²) in [4.78, 5) is 11.5.